The van der Waals surface area contributed by atoms with E-state index in [1.54, 1.807) is 59.6 Å². The number of alkyl carbamates (subject to hydrolysis) is 1. The molecule has 308 valence electrons. The molecule has 0 spiro atoms. The zero-order valence-electron chi connectivity index (χ0n) is 33.5. The molecular weight excluding hydrogens is 752 g/mol. The molecule has 0 saturated carbocycles. The van der Waals surface area contributed by atoms with Crippen molar-refractivity contribution in [3.05, 3.63) is 23.5 Å². The van der Waals surface area contributed by atoms with Crippen LogP contribution in [0.1, 0.15) is 80.4 Å². The first-order valence-electron chi connectivity index (χ1n) is 18.8. The van der Waals surface area contributed by atoms with Gasteiger partial charge in [0.2, 0.25) is 5.76 Å². The Labute approximate surface area is 330 Å². The van der Waals surface area contributed by atoms with Gasteiger partial charge in [0.1, 0.15) is 30.3 Å². The molecule has 5 heterocycles. The molecule has 2 N–H and O–H groups in total. The number of ether oxygens (including phenoxy) is 5. The fraction of sp³-hybridized carbons (Fsp3) is 0.692. The number of esters is 1. The van der Waals surface area contributed by atoms with Gasteiger partial charge in [-0.2, -0.15) is 0 Å². The Morgan fingerprint density at radius 3 is 2.48 bits per heavy atom. The van der Waals surface area contributed by atoms with Crippen molar-refractivity contribution in [1.29, 1.82) is 0 Å². The predicted molar refractivity (Wildman–Crippen MR) is 200 cm³/mol. The van der Waals surface area contributed by atoms with Crippen molar-refractivity contribution in [2.24, 2.45) is 17.8 Å². The summed E-state index contributed by atoms with van der Waals surface area (Å²) in [5, 5.41) is 18.2. The second-order valence-electron chi connectivity index (χ2n) is 15.9. The lowest BCUT2D eigenvalue weighted by Crippen LogP contribution is -2.61. The van der Waals surface area contributed by atoms with Gasteiger partial charge in [-0.1, -0.05) is 38.8 Å². The zero-order valence-corrected chi connectivity index (χ0v) is 34.3. The Balaban J connectivity index is 1.58. The summed E-state index contributed by atoms with van der Waals surface area (Å²) in [5.41, 5.74) is -4.21. The number of aromatic nitrogens is 2. The lowest BCUT2D eigenvalue weighted by Gasteiger charge is -2.47. The highest BCUT2D eigenvalue weighted by molar-refractivity contribution is 7.13. The lowest BCUT2D eigenvalue weighted by atomic mass is 9.73. The molecular formula is C39H53FN4O11S. The quantitative estimate of drug-likeness (QED) is 0.231. The Bertz CT molecular complexity index is 1810. The fourth-order valence-corrected chi connectivity index (χ4v) is 8.82. The smallest absolute Gasteiger partial charge is 0.408 e. The van der Waals surface area contributed by atoms with Crippen molar-refractivity contribution in [2.45, 2.75) is 134 Å². The molecule has 0 aliphatic carbocycles. The zero-order chi connectivity index (χ0) is 41.3. The first kappa shape index (κ1) is 43.3. The Morgan fingerprint density at radius 1 is 1.12 bits per heavy atom. The highest BCUT2D eigenvalue weighted by atomic mass is 32.1. The van der Waals surface area contributed by atoms with Gasteiger partial charge in [-0.3, -0.25) is 14.6 Å². The molecule has 13 atom stereocenters. The van der Waals surface area contributed by atoms with E-state index in [9.17, 15) is 24.3 Å². The highest BCUT2D eigenvalue weighted by Gasteiger charge is 2.59. The minimum atomic E-state index is -3.22. The maximum absolute atomic E-state index is 16.8. The Hall–Kier alpha value is -3.79. The number of aliphatic hydroxyl groups is 1. The first-order chi connectivity index (χ1) is 26.2. The van der Waals surface area contributed by atoms with Crippen LogP contribution in [0.3, 0.4) is 0 Å². The van der Waals surface area contributed by atoms with Gasteiger partial charge in [-0.05, 0) is 67.0 Å². The van der Waals surface area contributed by atoms with Crippen molar-refractivity contribution in [3.8, 4) is 22.4 Å². The minimum absolute atomic E-state index is 0.0748. The Morgan fingerprint density at radius 2 is 1.84 bits per heavy atom. The number of aliphatic hydroxyl groups excluding tert-OH is 1. The van der Waals surface area contributed by atoms with E-state index in [0.717, 1.165) is 11.8 Å². The molecule has 0 radical (unpaired) electrons. The van der Waals surface area contributed by atoms with Crippen LogP contribution in [0.2, 0.25) is 0 Å². The van der Waals surface area contributed by atoms with Gasteiger partial charge >= 0.3 is 12.1 Å². The summed E-state index contributed by atoms with van der Waals surface area (Å²) < 4.78 is 52.7. The summed E-state index contributed by atoms with van der Waals surface area (Å²) in [6.07, 6.45) is -4.31. The second-order valence-corrected chi connectivity index (χ2v) is 16.8. The summed E-state index contributed by atoms with van der Waals surface area (Å²) >= 11 is 1.38. The molecule has 5 rings (SSSR count). The maximum atomic E-state index is 16.8. The van der Waals surface area contributed by atoms with Gasteiger partial charge < -0.3 is 43.5 Å². The van der Waals surface area contributed by atoms with Crippen molar-refractivity contribution in [3.63, 3.8) is 0 Å². The number of thiazole rings is 1. The fourth-order valence-electron chi connectivity index (χ4n) is 8.25. The van der Waals surface area contributed by atoms with E-state index in [1.165, 1.54) is 25.2 Å². The van der Waals surface area contributed by atoms with Crippen LogP contribution in [-0.2, 0) is 38.1 Å². The molecule has 2 aromatic rings. The molecule has 1 amide bonds. The molecule has 2 aromatic heterocycles. The number of likely N-dealkylation sites (N-methyl/N-ethyl adjacent to an activating group) is 1. The van der Waals surface area contributed by atoms with Crippen LogP contribution in [-0.4, -0.2) is 124 Å². The van der Waals surface area contributed by atoms with Crippen LogP contribution in [0, 0.1) is 29.6 Å². The molecule has 3 saturated heterocycles. The number of rotatable bonds is 7. The maximum Gasteiger partial charge on any atom is 0.408 e. The number of hydrogen-bond donors (Lipinski definition) is 2. The lowest BCUT2D eigenvalue weighted by molar-refractivity contribution is -0.296. The predicted octanol–water partition coefficient (Wildman–Crippen LogP) is 4.10. The van der Waals surface area contributed by atoms with E-state index in [-0.39, 0.29) is 37.1 Å². The van der Waals surface area contributed by atoms with Gasteiger partial charge in [0.05, 0.1) is 34.2 Å². The molecule has 3 fully saturated rings. The van der Waals surface area contributed by atoms with E-state index in [1.807, 2.05) is 11.8 Å². The van der Waals surface area contributed by atoms with E-state index in [4.69, 9.17) is 28.2 Å². The number of ketones is 2. The molecule has 0 unspecified atom stereocenters. The van der Waals surface area contributed by atoms with Gasteiger partial charge in [0.15, 0.2) is 17.7 Å². The van der Waals surface area contributed by atoms with Crippen LogP contribution in [0.5, 0.6) is 0 Å². The normalized spacial score (nSPS) is 38.5. The summed E-state index contributed by atoms with van der Waals surface area (Å²) in [4.78, 5) is 61.8. The van der Waals surface area contributed by atoms with Gasteiger partial charge in [0, 0.05) is 36.1 Å². The van der Waals surface area contributed by atoms with E-state index in [2.05, 4.69) is 27.3 Å². The first-order valence-corrected chi connectivity index (χ1v) is 19.7. The number of carbonyl (C=O) groups excluding carboxylic acids is 4. The van der Waals surface area contributed by atoms with Gasteiger partial charge in [-0.25, -0.2) is 14.0 Å². The number of amides is 1. The summed E-state index contributed by atoms with van der Waals surface area (Å²) in [6, 6.07) is 0.254. The number of carbonyl (C=O) groups is 4. The monoisotopic (exact) mass is 804 g/mol. The number of nitrogens with one attached hydrogen (secondary N) is 1. The number of Topliss-reactive ketones (excluding diaryl/α,β-unsaturated/α-hetero) is 2. The molecule has 0 aromatic carbocycles. The van der Waals surface area contributed by atoms with Crippen LogP contribution >= 0.6 is 11.3 Å². The highest BCUT2D eigenvalue weighted by Crippen LogP contribution is 2.41. The van der Waals surface area contributed by atoms with E-state index >= 15 is 4.39 Å². The number of nitrogens with zero attached hydrogens (tertiary/aromatic N) is 3. The van der Waals surface area contributed by atoms with E-state index < -0.39 is 89.2 Å². The van der Waals surface area contributed by atoms with Crippen molar-refractivity contribution in [2.75, 3.05) is 20.7 Å². The molecule has 17 heteroatoms. The second kappa shape index (κ2) is 17.0. The van der Waals surface area contributed by atoms with Gasteiger partial charge in [0.25, 0.3) is 5.67 Å². The molecule has 56 heavy (non-hydrogen) atoms. The average molecular weight is 805 g/mol. The summed E-state index contributed by atoms with van der Waals surface area (Å²) in [5.74, 6) is -0.155. The molecule has 3 aliphatic heterocycles. The van der Waals surface area contributed by atoms with Crippen molar-refractivity contribution >= 4 is 35.0 Å². The third kappa shape index (κ3) is 8.70. The van der Waals surface area contributed by atoms with E-state index in [0.29, 0.717) is 12.1 Å². The number of cyclic esters (lactones) is 1. The third-order valence-electron chi connectivity index (χ3n) is 11.4. The molecule has 0 bridgehead atoms. The van der Waals surface area contributed by atoms with Crippen LogP contribution in [0.4, 0.5) is 9.18 Å². The number of halogens is 1. The van der Waals surface area contributed by atoms with Crippen molar-refractivity contribution in [1.82, 2.24) is 20.4 Å². The molecule has 15 nitrogen and oxygen atoms in total. The topological polar surface area (TPSA) is 189 Å². The third-order valence-corrected chi connectivity index (χ3v) is 12.2. The van der Waals surface area contributed by atoms with Crippen LogP contribution in [0.15, 0.2) is 22.3 Å². The van der Waals surface area contributed by atoms with Gasteiger partial charge in [-0.15, -0.1) is 11.3 Å². The Kier molecular flexibility index (Phi) is 13.1. The van der Waals surface area contributed by atoms with Crippen molar-refractivity contribution < 1.29 is 56.9 Å². The largest absolute Gasteiger partial charge is 0.455 e. The number of fused-ring (bicyclic) bond motifs is 1. The summed E-state index contributed by atoms with van der Waals surface area (Å²) in [6.45, 7) is 11.8. The number of hydrogen-bond acceptors (Lipinski definition) is 15. The summed E-state index contributed by atoms with van der Waals surface area (Å²) in [7, 11) is 3.61. The SMILES string of the molecule is CC[C@H]1OC(=O)[C@@](C)(F)C(=O)[C@H](C)[C@@H](O[C@@H]2O[C@H](C)C[C@H](N(C)C)[C@H]2O)[C@@](C)(OCC#Cc2cc(-c3cncs3)no2)C[C@@H](C)C(=O)[C@H](C)[C@H]2NC(=O)O[C@@]21C. The number of alkyl halides is 1. The average Bonchev–Trinajstić information content (AvgIpc) is 3.91. The standard InChI is InChI=1S/C39H53FN4O11S/c1-11-28-39(8)31(42-36(49)54-39)22(4)29(45)20(2)17-37(6,50-14-12-13-24-16-25(43-55-24)27-18-41-19-56-27)33(23(5)32(47)38(7,40)35(48)52-28)53-34-30(46)26(44(9)10)15-21(3)51-34/h16,18-23,26,28,30-31,33-34,46H,11,14-15,17H2,1-10H3,(H,42,49)/t20-,21-,22+,23+,26+,28-,30-,31-,33-,34+,37+,38+,39-/m1/s1. The van der Waals surface area contributed by atoms with Crippen LogP contribution in [0.25, 0.3) is 10.6 Å². The van der Waals surface area contributed by atoms with Crippen LogP contribution < -0.4 is 5.32 Å². The molecule has 3 aliphatic rings. The minimum Gasteiger partial charge on any atom is -0.455 e.